The Kier molecular flexibility index (Phi) is 3.44. The molecule has 0 N–H and O–H groups in total. The van der Waals surface area contributed by atoms with Crippen LogP contribution in [0, 0.1) is 0 Å². The largest absolute Gasteiger partial charge is 0.480 e. The Morgan fingerprint density at radius 2 is 2.23 bits per heavy atom. The van der Waals surface area contributed by atoms with Gasteiger partial charge in [0.1, 0.15) is 5.02 Å². The van der Waals surface area contributed by atoms with Crippen LogP contribution in [0.25, 0.3) is 0 Å². The van der Waals surface area contributed by atoms with E-state index in [9.17, 15) is 8.78 Å². The molecule has 0 aliphatic heterocycles. The molecule has 0 spiro atoms. The van der Waals surface area contributed by atoms with E-state index in [2.05, 4.69) is 20.9 Å². The van der Waals surface area contributed by atoms with Crippen molar-refractivity contribution in [3.63, 3.8) is 0 Å². The molecule has 0 aromatic carbocycles. The Morgan fingerprint density at radius 3 is 2.69 bits per heavy atom. The fraction of sp³-hybridized carbons (Fsp3) is 0.286. The van der Waals surface area contributed by atoms with Crippen LogP contribution in [-0.2, 0) is 0 Å². The lowest BCUT2D eigenvalue weighted by atomic mass is 10.3. The molecule has 0 aliphatic rings. The van der Waals surface area contributed by atoms with Crippen LogP contribution in [0.15, 0.2) is 10.7 Å². The normalized spacial score (nSPS) is 10.6. The summed E-state index contributed by atoms with van der Waals surface area (Å²) in [6.45, 7) is 0. The summed E-state index contributed by atoms with van der Waals surface area (Å²) in [6.07, 6.45) is -1.43. The maximum Gasteiger partial charge on any atom is 0.266 e. The number of aromatic nitrogens is 1. The molecule has 1 aromatic rings. The number of halogens is 4. The summed E-state index contributed by atoms with van der Waals surface area (Å²) in [6, 6.07) is 0. The van der Waals surface area contributed by atoms with Crippen molar-refractivity contribution >= 4 is 27.5 Å². The van der Waals surface area contributed by atoms with Gasteiger partial charge in [0.25, 0.3) is 6.43 Å². The van der Waals surface area contributed by atoms with Gasteiger partial charge in [-0.25, -0.2) is 13.8 Å². The Labute approximate surface area is 87.0 Å². The zero-order valence-electron chi connectivity index (χ0n) is 6.52. The molecular formula is C7H5BrClF2NO. The molecule has 0 fully saturated rings. The van der Waals surface area contributed by atoms with Gasteiger partial charge in [-0.05, 0) is 15.9 Å². The molecule has 1 rings (SSSR count). The summed E-state index contributed by atoms with van der Waals surface area (Å²) < 4.78 is 29.7. The molecule has 0 saturated carbocycles. The first-order valence-corrected chi connectivity index (χ1v) is 4.41. The highest BCUT2D eigenvalue weighted by Crippen LogP contribution is 2.37. The highest BCUT2D eigenvalue weighted by Gasteiger charge is 2.20. The quantitative estimate of drug-likeness (QED) is 0.823. The molecule has 0 unspecified atom stereocenters. The van der Waals surface area contributed by atoms with Gasteiger partial charge in [0.05, 0.1) is 12.7 Å². The van der Waals surface area contributed by atoms with Crippen molar-refractivity contribution in [3.05, 3.63) is 21.3 Å². The summed E-state index contributed by atoms with van der Waals surface area (Å²) in [7, 11) is 1.32. The van der Waals surface area contributed by atoms with Crippen LogP contribution in [0.5, 0.6) is 5.88 Å². The standard InChI is InChI=1S/C7H5BrClF2NO/c1-13-7-5(9)4(6(10)11)3(8)2-12-7/h2,6H,1H3. The summed E-state index contributed by atoms with van der Waals surface area (Å²) in [5, 5.41) is -0.160. The van der Waals surface area contributed by atoms with Crippen LogP contribution in [0.3, 0.4) is 0 Å². The number of ether oxygens (including phenoxy) is 1. The molecule has 0 radical (unpaired) electrons. The maximum absolute atomic E-state index is 12.4. The number of alkyl halides is 2. The lowest BCUT2D eigenvalue weighted by Crippen LogP contribution is -1.95. The second kappa shape index (κ2) is 4.19. The van der Waals surface area contributed by atoms with Gasteiger partial charge >= 0.3 is 0 Å². The monoisotopic (exact) mass is 271 g/mol. The minimum atomic E-state index is -2.65. The third-order valence-corrected chi connectivity index (χ3v) is 2.39. The van der Waals surface area contributed by atoms with Gasteiger partial charge in [0, 0.05) is 10.7 Å². The predicted octanol–water partition coefficient (Wildman–Crippen LogP) is 3.44. The highest BCUT2D eigenvalue weighted by atomic mass is 79.9. The van der Waals surface area contributed by atoms with Gasteiger partial charge in [0.15, 0.2) is 0 Å². The number of methoxy groups -OCH3 is 1. The fourth-order valence-corrected chi connectivity index (χ4v) is 1.70. The van der Waals surface area contributed by atoms with Crippen LogP contribution >= 0.6 is 27.5 Å². The first-order valence-electron chi connectivity index (χ1n) is 3.24. The van der Waals surface area contributed by atoms with E-state index >= 15 is 0 Å². The Bertz CT molecular complexity index is 322. The first kappa shape index (κ1) is 10.7. The molecule has 1 heterocycles. The third kappa shape index (κ3) is 2.08. The van der Waals surface area contributed by atoms with E-state index in [0.29, 0.717) is 0 Å². The SMILES string of the molecule is COc1ncc(Br)c(C(F)F)c1Cl. The topological polar surface area (TPSA) is 22.1 Å². The number of nitrogens with zero attached hydrogens (tertiary/aromatic N) is 1. The summed E-state index contributed by atoms with van der Waals surface area (Å²) in [5.74, 6) is 0.000154. The van der Waals surface area contributed by atoms with Crippen molar-refractivity contribution in [2.24, 2.45) is 0 Å². The number of rotatable bonds is 2. The molecule has 0 saturated heterocycles. The minimum Gasteiger partial charge on any atom is -0.480 e. The molecule has 2 nitrogen and oxygen atoms in total. The average molecular weight is 272 g/mol. The van der Waals surface area contributed by atoms with Gasteiger partial charge in [-0.1, -0.05) is 11.6 Å². The maximum atomic E-state index is 12.4. The second-order valence-corrected chi connectivity index (χ2v) is 3.38. The van der Waals surface area contributed by atoms with Crippen molar-refractivity contribution in [2.45, 2.75) is 6.43 Å². The molecule has 1 aromatic heterocycles. The van der Waals surface area contributed by atoms with E-state index in [-0.39, 0.29) is 20.9 Å². The first-order chi connectivity index (χ1) is 6.07. The van der Waals surface area contributed by atoms with E-state index in [0.717, 1.165) is 0 Å². The predicted molar refractivity (Wildman–Crippen MR) is 48.5 cm³/mol. The molecule has 0 bridgehead atoms. The summed E-state index contributed by atoms with van der Waals surface area (Å²) in [4.78, 5) is 3.70. The van der Waals surface area contributed by atoms with Crippen molar-refractivity contribution in [2.75, 3.05) is 7.11 Å². The van der Waals surface area contributed by atoms with E-state index in [1.165, 1.54) is 13.3 Å². The van der Waals surface area contributed by atoms with Crippen LogP contribution in [-0.4, -0.2) is 12.1 Å². The fourth-order valence-electron chi connectivity index (χ4n) is 0.804. The van der Waals surface area contributed by atoms with E-state index < -0.39 is 6.43 Å². The Morgan fingerprint density at radius 1 is 1.62 bits per heavy atom. The van der Waals surface area contributed by atoms with Crippen LogP contribution in [0.1, 0.15) is 12.0 Å². The van der Waals surface area contributed by atoms with Crippen LogP contribution in [0.2, 0.25) is 5.02 Å². The van der Waals surface area contributed by atoms with Gasteiger partial charge in [0.2, 0.25) is 5.88 Å². The molecular weight excluding hydrogens is 267 g/mol. The van der Waals surface area contributed by atoms with Crippen molar-refractivity contribution in [1.29, 1.82) is 0 Å². The number of hydrogen-bond donors (Lipinski definition) is 0. The minimum absolute atomic E-state index is 0.000154. The third-order valence-electron chi connectivity index (χ3n) is 1.39. The summed E-state index contributed by atoms with van der Waals surface area (Å²) in [5.41, 5.74) is -0.298. The van der Waals surface area contributed by atoms with Crippen LogP contribution < -0.4 is 4.74 Å². The Balaban J connectivity index is 3.30. The average Bonchev–Trinajstić information content (AvgIpc) is 2.04. The van der Waals surface area contributed by atoms with Gasteiger partial charge in [-0.15, -0.1) is 0 Å². The Hall–Kier alpha value is -0.420. The highest BCUT2D eigenvalue weighted by molar-refractivity contribution is 9.10. The molecule has 0 amide bonds. The van der Waals surface area contributed by atoms with Crippen molar-refractivity contribution < 1.29 is 13.5 Å². The summed E-state index contributed by atoms with van der Waals surface area (Å²) >= 11 is 8.54. The van der Waals surface area contributed by atoms with E-state index in [1.807, 2.05) is 0 Å². The number of pyridine rings is 1. The van der Waals surface area contributed by atoms with Gasteiger partial charge in [-0.2, -0.15) is 0 Å². The van der Waals surface area contributed by atoms with E-state index in [1.54, 1.807) is 0 Å². The van der Waals surface area contributed by atoms with Gasteiger partial charge in [-0.3, -0.25) is 0 Å². The van der Waals surface area contributed by atoms with E-state index in [4.69, 9.17) is 16.3 Å². The number of hydrogen-bond acceptors (Lipinski definition) is 2. The van der Waals surface area contributed by atoms with Crippen molar-refractivity contribution in [3.8, 4) is 5.88 Å². The molecule has 0 atom stereocenters. The van der Waals surface area contributed by atoms with Crippen molar-refractivity contribution in [1.82, 2.24) is 4.98 Å². The van der Waals surface area contributed by atoms with Gasteiger partial charge < -0.3 is 4.74 Å². The molecule has 13 heavy (non-hydrogen) atoms. The molecule has 6 heteroatoms. The zero-order chi connectivity index (χ0) is 10.0. The lowest BCUT2D eigenvalue weighted by molar-refractivity contribution is 0.150. The lowest BCUT2D eigenvalue weighted by Gasteiger charge is -2.08. The smallest absolute Gasteiger partial charge is 0.266 e. The zero-order valence-corrected chi connectivity index (χ0v) is 8.86. The molecule has 0 aliphatic carbocycles. The molecule has 72 valence electrons. The van der Waals surface area contributed by atoms with Crippen LogP contribution in [0.4, 0.5) is 8.78 Å². The second-order valence-electron chi connectivity index (χ2n) is 2.14.